The Morgan fingerprint density at radius 1 is 1.36 bits per heavy atom. The van der Waals surface area contributed by atoms with E-state index in [9.17, 15) is 10.3 Å². The Balaban J connectivity index is 2.98. The minimum absolute atomic E-state index is 0.0161. The molecule has 1 aromatic rings. The fourth-order valence-electron chi connectivity index (χ4n) is 0.982. The van der Waals surface area contributed by atoms with E-state index in [-0.39, 0.29) is 16.6 Å². The fourth-order valence-corrected chi connectivity index (χ4v) is 0.982. The van der Waals surface area contributed by atoms with E-state index in [1.807, 2.05) is 0 Å². The van der Waals surface area contributed by atoms with Gasteiger partial charge in [0.15, 0.2) is 11.5 Å². The fraction of sp³-hybridized carbons (Fsp3) is 0.200. The lowest BCUT2D eigenvalue weighted by atomic mass is 10.2. The van der Waals surface area contributed by atoms with Gasteiger partial charge in [-0.1, -0.05) is 6.07 Å². The van der Waals surface area contributed by atoms with E-state index >= 15 is 0 Å². The monoisotopic (exact) mass is 195 g/mol. The van der Waals surface area contributed by atoms with E-state index in [0.717, 1.165) is 0 Å². The number of benzene rings is 1. The standard InChI is InChI=1S/C10H13NO3/c1-7(11(2)14)5-8-3-4-9(12)10(13)6-8/h3-6,11-13H,1-2H3/b7-5-. The zero-order valence-electron chi connectivity index (χ0n) is 8.11. The van der Waals surface area contributed by atoms with Gasteiger partial charge in [-0.3, -0.25) is 0 Å². The largest absolute Gasteiger partial charge is 0.629 e. The van der Waals surface area contributed by atoms with Gasteiger partial charge in [0.25, 0.3) is 0 Å². The van der Waals surface area contributed by atoms with Crippen molar-refractivity contribution in [1.82, 2.24) is 0 Å². The third-order valence-electron chi connectivity index (χ3n) is 1.94. The van der Waals surface area contributed by atoms with Gasteiger partial charge in [-0.15, -0.1) is 0 Å². The molecular weight excluding hydrogens is 182 g/mol. The van der Waals surface area contributed by atoms with Crippen LogP contribution in [0.3, 0.4) is 0 Å². The van der Waals surface area contributed by atoms with Crippen LogP contribution in [0.2, 0.25) is 0 Å². The first-order chi connectivity index (χ1) is 6.50. The molecule has 14 heavy (non-hydrogen) atoms. The number of hydroxylamine groups is 2. The van der Waals surface area contributed by atoms with Crippen LogP contribution in [0.5, 0.6) is 11.5 Å². The Hall–Kier alpha value is -1.52. The van der Waals surface area contributed by atoms with E-state index in [4.69, 9.17) is 5.11 Å². The first kappa shape index (κ1) is 10.6. The number of allylic oxidation sites excluding steroid dienone is 1. The summed E-state index contributed by atoms with van der Waals surface area (Å²) in [5, 5.41) is 29.1. The lowest BCUT2D eigenvalue weighted by Gasteiger charge is -2.15. The van der Waals surface area contributed by atoms with E-state index in [1.54, 1.807) is 19.1 Å². The average Bonchev–Trinajstić information content (AvgIpc) is 2.11. The van der Waals surface area contributed by atoms with Crippen molar-refractivity contribution in [1.29, 1.82) is 0 Å². The van der Waals surface area contributed by atoms with Crippen LogP contribution < -0.4 is 5.06 Å². The molecule has 0 aliphatic rings. The third-order valence-corrected chi connectivity index (χ3v) is 1.94. The minimum Gasteiger partial charge on any atom is -0.629 e. The van der Waals surface area contributed by atoms with Crippen molar-refractivity contribution >= 4 is 6.08 Å². The third kappa shape index (κ3) is 2.48. The quantitative estimate of drug-likeness (QED) is 0.474. The van der Waals surface area contributed by atoms with Gasteiger partial charge < -0.3 is 20.5 Å². The van der Waals surface area contributed by atoms with E-state index in [0.29, 0.717) is 11.3 Å². The number of nitrogens with one attached hydrogen (secondary N) is 1. The molecule has 3 N–H and O–H groups in total. The Kier molecular flexibility index (Phi) is 3.11. The van der Waals surface area contributed by atoms with Gasteiger partial charge in [0.05, 0.1) is 7.05 Å². The van der Waals surface area contributed by atoms with Crippen molar-refractivity contribution in [3.8, 4) is 11.5 Å². The lowest BCUT2D eigenvalue weighted by Crippen LogP contribution is -3.01. The number of hydrogen-bond acceptors (Lipinski definition) is 3. The van der Waals surface area contributed by atoms with E-state index < -0.39 is 0 Å². The summed E-state index contributed by atoms with van der Waals surface area (Å²) in [5.74, 6) is -0.349. The Labute approximate surface area is 82.3 Å². The topological polar surface area (TPSA) is 68.0 Å². The highest BCUT2D eigenvalue weighted by atomic mass is 16.5. The molecule has 0 saturated heterocycles. The van der Waals surface area contributed by atoms with Gasteiger partial charge in [0, 0.05) is 13.0 Å². The number of phenols is 2. The van der Waals surface area contributed by atoms with Gasteiger partial charge in [0.1, 0.15) is 5.70 Å². The molecule has 0 amide bonds. The molecule has 4 nitrogen and oxygen atoms in total. The Bertz CT molecular complexity index is 358. The highest BCUT2D eigenvalue weighted by Gasteiger charge is 2.00. The summed E-state index contributed by atoms with van der Waals surface area (Å²) in [7, 11) is 1.48. The van der Waals surface area contributed by atoms with E-state index in [2.05, 4.69) is 0 Å². The molecule has 0 aromatic heterocycles. The molecule has 1 atom stereocenters. The molecule has 0 bridgehead atoms. The number of aromatic hydroxyl groups is 2. The summed E-state index contributed by atoms with van der Waals surface area (Å²) in [6.07, 6.45) is 1.65. The van der Waals surface area contributed by atoms with Crippen molar-refractivity contribution in [2.24, 2.45) is 0 Å². The second-order valence-electron chi connectivity index (χ2n) is 3.13. The van der Waals surface area contributed by atoms with E-state index in [1.165, 1.54) is 19.2 Å². The molecule has 0 spiro atoms. The van der Waals surface area contributed by atoms with Crippen LogP contribution >= 0.6 is 0 Å². The average molecular weight is 195 g/mol. The van der Waals surface area contributed by atoms with Crippen LogP contribution in [0.15, 0.2) is 23.9 Å². The molecule has 1 unspecified atom stereocenters. The molecule has 0 heterocycles. The molecule has 4 heteroatoms. The highest BCUT2D eigenvalue weighted by molar-refractivity contribution is 5.55. The van der Waals surface area contributed by atoms with Crippen molar-refractivity contribution in [2.45, 2.75) is 6.92 Å². The minimum atomic E-state index is -0.185. The number of phenolic OH excluding ortho intramolecular Hbond substituents is 2. The van der Waals surface area contributed by atoms with Crippen molar-refractivity contribution in [3.05, 3.63) is 34.7 Å². The predicted octanol–water partition coefficient (Wildman–Crippen LogP) is 0.471. The summed E-state index contributed by atoms with van der Waals surface area (Å²) in [6.45, 7) is 1.70. The number of quaternary nitrogens is 1. The SMILES string of the molecule is C/C(=C/c1ccc(O)c(O)c1)[NH+](C)[O-]. The Morgan fingerprint density at radius 2 is 2.00 bits per heavy atom. The maximum absolute atomic E-state index is 10.9. The van der Waals surface area contributed by atoms with Gasteiger partial charge in [-0.25, -0.2) is 0 Å². The molecule has 0 radical (unpaired) electrons. The smallest absolute Gasteiger partial charge is 0.157 e. The summed E-state index contributed by atoms with van der Waals surface area (Å²) in [5.41, 5.74) is 1.29. The normalized spacial score (nSPS) is 14.1. The number of rotatable bonds is 2. The molecule has 1 aromatic carbocycles. The molecule has 0 aliphatic heterocycles. The van der Waals surface area contributed by atoms with Crippen molar-refractivity contribution in [2.75, 3.05) is 7.05 Å². The van der Waals surface area contributed by atoms with Gasteiger partial charge in [0.2, 0.25) is 0 Å². The summed E-state index contributed by atoms with van der Waals surface area (Å²) in [4.78, 5) is 0. The molecule has 0 saturated carbocycles. The van der Waals surface area contributed by atoms with Crippen LogP contribution in [0.4, 0.5) is 0 Å². The Morgan fingerprint density at radius 3 is 2.50 bits per heavy atom. The zero-order valence-corrected chi connectivity index (χ0v) is 8.11. The van der Waals surface area contributed by atoms with Gasteiger partial charge >= 0.3 is 0 Å². The first-order valence-corrected chi connectivity index (χ1v) is 4.22. The van der Waals surface area contributed by atoms with Crippen LogP contribution in [0, 0.1) is 5.21 Å². The zero-order chi connectivity index (χ0) is 10.7. The van der Waals surface area contributed by atoms with Crippen molar-refractivity contribution in [3.63, 3.8) is 0 Å². The second-order valence-corrected chi connectivity index (χ2v) is 3.13. The molecule has 76 valence electrons. The maximum atomic E-state index is 10.9. The van der Waals surface area contributed by atoms with Crippen molar-refractivity contribution < 1.29 is 15.3 Å². The van der Waals surface area contributed by atoms with Crippen LogP contribution in [0.1, 0.15) is 12.5 Å². The summed E-state index contributed by atoms with van der Waals surface area (Å²) < 4.78 is 0. The van der Waals surface area contributed by atoms with Crippen LogP contribution in [0.25, 0.3) is 6.08 Å². The van der Waals surface area contributed by atoms with Crippen LogP contribution in [-0.2, 0) is 0 Å². The van der Waals surface area contributed by atoms with Crippen LogP contribution in [-0.4, -0.2) is 17.3 Å². The molecule has 0 aliphatic carbocycles. The first-order valence-electron chi connectivity index (χ1n) is 4.22. The highest BCUT2D eigenvalue weighted by Crippen LogP contribution is 2.25. The summed E-state index contributed by atoms with van der Waals surface area (Å²) >= 11 is 0. The van der Waals surface area contributed by atoms with Gasteiger partial charge in [-0.2, -0.15) is 0 Å². The molecule has 1 rings (SSSR count). The summed E-state index contributed by atoms with van der Waals surface area (Å²) in [6, 6.07) is 4.41. The molecule has 0 fully saturated rings. The lowest BCUT2D eigenvalue weighted by molar-refractivity contribution is -0.781. The number of hydrogen-bond donors (Lipinski definition) is 3. The molecular formula is C10H13NO3. The van der Waals surface area contributed by atoms with Gasteiger partial charge in [-0.05, 0) is 17.7 Å². The predicted molar refractivity (Wildman–Crippen MR) is 53.7 cm³/mol. The maximum Gasteiger partial charge on any atom is 0.157 e. The second kappa shape index (κ2) is 4.13.